The number of benzene rings is 9. The van der Waals surface area contributed by atoms with E-state index in [1.54, 1.807) is 0 Å². The summed E-state index contributed by atoms with van der Waals surface area (Å²) in [6, 6.07) is 64.9. The van der Waals surface area contributed by atoms with Crippen LogP contribution in [0.1, 0.15) is 0 Å². The molecule has 0 N–H and O–H groups in total. The monoisotopic (exact) mass is 779 g/mol. The van der Waals surface area contributed by atoms with Crippen LogP contribution in [0.25, 0.3) is 82.5 Å². The van der Waals surface area contributed by atoms with E-state index >= 15 is 0 Å². The zero-order valence-electron chi connectivity index (χ0n) is 32.5. The average Bonchev–Trinajstić information content (AvgIpc) is 3.95. The molecule has 0 amide bonds. The zero-order chi connectivity index (χ0) is 39.5. The highest BCUT2D eigenvalue weighted by molar-refractivity contribution is 6.99. The number of ether oxygens (including phenoxy) is 3. The molecule has 282 valence electrons. The number of hydrogen-bond acceptors (Lipinski definition) is 3. The van der Waals surface area contributed by atoms with Gasteiger partial charge in [0.1, 0.15) is 40.1 Å². The van der Waals surface area contributed by atoms with Crippen LogP contribution in [0.2, 0.25) is 0 Å². The molecule has 3 aliphatic heterocycles. The van der Waals surface area contributed by atoms with Gasteiger partial charge >= 0.3 is 0 Å². The summed E-state index contributed by atoms with van der Waals surface area (Å²) >= 11 is 0. The molecule has 61 heavy (non-hydrogen) atoms. The fraction of sp³-hybridized carbons (Fsp3) is 0. The average molecular weight is 780 g/mol. The molecule has 7 heteroatoms. The second-order valence-electron chi connectivity index (χ2n) is 16.3. The second-order valence-corrected chi connectivity index (χ2v) is 16.3. The molecule has 0 unspecified atom stereocenters. The maximum atomic E-state index is 7.51. The van der Waals surface area contributed by atoms with Gasteiger partial charge in [0.05, 0.1) is 33.1 Å². The van der Waals surface area contributed by atoms with Crippen molar-refractivity contribution in [2.24, 2.45) is 0 Å². The molecule has 9 aromatic carbocycles. The normalized spacial score (nSPS) is 13.3. The van der Waals surface area contributed by atoms with Crippen LogP contribution in [0.3, 0.4) is 0 Å². The summed E-state index contributed by atoms with van der Waals surface area (Å²) in [6.45, 7) is -0.218. The Hall–Kier alpha value is -8.16. The van der Waals surface area contributed by atoms with E-state index in [4.69, 9.17) is 14.2 Å². The Morgan fingerprint density at radius 1 is 0.262 bits per heavy atom. The van der Waals surface area contributed by atoms with Crippen molar-refractivity contribution in [1.82, 2.24) is 13.7 Å². The molecule has 3 aliphatic rings. The van der Waals surface area contributed by atoms with Crippen molar-refractivity contribution < 1.29 is 14.2 Å². The maximum absolute atomic E-state index is 7.51. The molecule has 0 saturated carbocycles. The number of aromatic nitrogens is 3. The molecule has 0 saturated heterocycles. The third-order valence-electron chi connectivity index (χ3n) is 13.3. The minimum atomic E-state index is -0.218. The van der Waals surface area contributed by atoms with Gasteiger partial charge in [0, 0.05) is 48.7 Å². The van der Waals surface area contributed by atoms with Gasteiger partial charge in [-0.25, -0.2) is 0 Å². The molecule has 6 nitrogen and oxygen atoms in total. The van der Waals surface area contributed by atoms with Gasteiger partial charge < -0.3 is 27.9 Å². The van der Waals surface area contributed by atoms with Gasteiger partial charge in [-0.05, 0) is 60.7 Å². The quantitative estimate of drug-likeness (QED) is 0.168. The smallest absolute Gasteiger partial charge is 0.270 e. The van der Waals surface area contributed by atoms with Gasteiger partial charge in [-0.3, -0.25) is 0 Å². The molecule has 6 heterocycles. The molecular weight excluding hydrogens is 749 g/mol. The third-order valence-corrected chi connectivity index (χ3v) is 13.3. The van der Waals surface area contributed by atoms with Crippen molar-refractivity contribution >= 4 is 88.5 Å². The number of fused-ring (bicyclic) bond motifs is 9. The summed E-state index contributed by atoms with van der Waals surface area (Å²) in [5.41, 5.74) is 12.4. The Balaban J connectivity index is 1.27. The fourth-order valence-electron chi connectivity index (χ4n) is 11.0. The van der Waals surface area contributed by atoms with Crippen molar-refractivity contribution in [2.75, 3.05) is 0 Å². The summed E-state index contributed by atoms with van der Waals surface area (Å²) in [5, 5.41) is 7.02. The Bertz CT molecular complexity index is 3590. The number of para-hydroxylation sites is 6. The Morgan fingerprint density at radius 2 is 0.541 bits per heavy atom. The summed E-state index contributed by atoms with van der Waals surface area (Å²) in [5.74, 6) is 4.69. The van der Waals surface area contributed by atoms with Crippen LogP contribution in [0.5, 0.6) is 34.5 Å². The SMILES string of the molecule is c1cc2c3c(c1)Oc1c4c(c(-n5c6ccccc6c6ccccc65)c(-n5c6ccccc6c6ccccc65)c1-n1c5ccccc5c5ccccc51)Oc1cccc(c1B34)O2. The van der Waals surface area contributed by atoms with Crippen LogP contribution in [0.15, 0.2) is 182 Å². The van der Waals surface area contributed by atoms with Gasteiger partial charge in [-0.15, -0.1) is 0 Å². The predicted octanol–water partition coefficient (Wildman–Crippen LogP) is 11.8. The topological polar surface area (TPSA) is 42.5 Å². The van der Waals surface area contributed by atoms with E-state index in [0.29, 0.717) is 0 Å². The Kier molecular flexibility index (Phi) is 5.90. The Morgan fingerprint density at radius 3 is 0.869 bits per heavy atom. The molecule has 0 fully saturated rings. The third kappa shape index (κ3) is 3.90. The first-order valence-corrected chi connectivity index (χ1v) is 20.8. The van der Waals surface area contributed by atoms with Gasteiger partial charge in [0.25, 0.3) is 6.71 Å². The lowest BCUT2D eigenvalue weighted by Gasteiger charge is -2.40. The lowest BCUT2D eigenvalue weighted by atomic mass is 9.33. The molecule has 0 radical (unpaired) electrons. The molecular formula is C54H30BN3O3. The molecule has 12 aromatic rings. The van der Waals surface area contributed by atoms with Crippen LogP contribution in [-0.4, -0.2) is 20.4 Å². The van der Waals surface area contributed by atoms with Crippen LogP contribution in [0, 0.1) is 0 Å². The number of rotatable bonds is 3. The van der Waals surface area contributed by atoms with Crippen LogP contribution >= 0.6 is 0 Å². The predicted molar refractivity (Wildman–Crippen MR) is 247 cm³/mol. The molecule has 0 spiro atoms. The molecule has 3 aromatic heterocycles. The minimum absolute atomic E-state index is 0.218. The van der Waals surface area contributed by atoms with E-state index < -0.39 is 0 Å². The van der Waals surface area contributed by atoms with Crippen molar-refractivity contribution in [2.45, 2.75) is 0 Å². The van der Waals surface area contributed by atoms with Crippen LogP contribution in [0.4, 0.5) is 0 Å². The number of hydrogen-bond donors (Lipinski definition) is 0. The molecule has 0 aliphatic carbocycles. The van der Waals surface area contributed by atoms with E-state index in [9.17, 15) is 0 Å². The van der Waals surface area contributed by atoms with E-state index in [-0.39, 0.29) is 6.71 Å². The van der Waals surface area contributed by atoms with Gasteiger partial charge in [0.15, 0.2) is 11.5 Å². The Labute approximate surface area is 348 Å². The van der Waals surface area contributed by atoms with E-state index in [0.717, 1.165) is 101 Å². The maximum Gasteiger partial charge on any atom is 0.270 e. The summed E-state index contributed by atoms with van der Waals surface area (Å²) in [4.78, 5) is 0. The van der Waals surface area contributed by atoms with Crippen LogP contribution < -0.4 is 30.6 Å². The fourth-order valence-corrected chi connectivity index (χ4v) is 11.0. The standard InChI is InChI=1S/C54H30BN3O3/c1-7-21-37-31(15-1)32-16-2-8-22-38(32)56(37)50-51(57-39-23-9-3-17-33(39)34-18-4-10-24-40(34)57)53-49-54(52(50)58-41-25-11-5-19-35(41)36-20-6-12-26-42(36)58)61-46-30-14-28-44-48(46)55(49)47-43(59-44)27-13-29-45(47)60-53/h1-30H. The number of nitrogens with zero attached hydrogens (tertiary/aromatic N) is 3. The van der Waals surface area contributed by atoms with Gasteiger partial charge in [-0.1, -0.05) is 121 Å². The molecule has 0 atom stereocenters. The van der Waals surface area contributed by atoms with E-state index in [1.165, 1.54) is 32.3 Å². The van der Waals surface area contributed by atoms with Crippen LogP contribution in [-0.2, 0) is 0 Å². The van der Waals surface area contributed by atoms with Crippen molar-refractivity contribution in [3.63, 3.8) is 0 Å². The first-order chi connectivity index (χ1) is 30.3. The zero-order valence-corrected chi connectivity index (χ0v) is 32.5. The minimum Gasteiger partial charge on any atom is -0.458 e. The lowest BCUT2D eigenvalue weighted by molar-refractivity contribution is 0.441. The largest absolute Gasteiger partial charge is 0.458 e. The second kappa shape index (κ2) is 11.3. The van der Waals surface area contributed by atoms with Crippen molar-refractivity contribution in [3.8, 4) is 51.6 Å². The first kappa shape index (κ1) is 31.8. The van der Waals surface area contributed by atoms with E-state index in [2.05, 4.69) is 184 Å². The highest BCUT2D eigenvalue weighted by Crippen LogP contribution is 2.53. The summed E-state index contributed by atoms with van der Waals surface area (Å²) < 4.78 is 29.1. The van der Waals surface area contributed by atoms with Crippen molar-refractivity contribution in [1.29, 1.82) is 0 Å². The lowest BCUT2D eigenvalue weighted by Crippen LogP contribution is -2.60. The van der Waals surface area contributed by atoms with Crippen molar-refractivity contribution in [3.05, 3.63) is 182 Å². The molecule has 0 bridgehead atoms. The highest BCUT2D eigenvalue weighted by Gasteiger charge is 2.50. The van der Waals surface area contributed by atoms with Gasteiger partial charge in [-0.2, -0.15) is 0 Å². The van der Waals surface area contributed by atoms with Gasteiger partial charge in [0.2, 0.25) is 0 Å². The highest BCUT2D eigenvalue weighted by atomic mass is 16.5. The summed E-state index contributed by atoms with van der Waals surface area (Å²) in [7, 11) is 0. The summed E-state index contributed by atoms with van der Waals surface area (Å²) in [6.07, 6.45) is 0. The molecule has 15 rings (SSSR count). The van der Waals surface area contributed by atoms with E-state index in [1.807, 2.05) is 12.1 Å². The first-order valence-electron chi connectivity index (χ1n) is 20.8.